The van der Waals surface area contributed by atoms with Crippen molar-refractivity contribution in [2.45, 2.75) is 53.3 Å². The first-order chi connectivity index (χ1) is 9.76. The minimum Gasteiger partial charge on any atom is -0.359 e. The molecule has 0 heterocycles. The first-order valence-corrected chi connectivity index (χ1v) is 7.38. The number of alkyl halides is 1. The highest BCUT2D eigenvalue weighted by Gasteiger charge is 2.22. The minimum atomic E-state index is -2.58. The molecule has 0 aliphatic carbocycles. The first kappa shape index (κ1) is 19.8. The van der Waals surface area contributed by atoms with Crippen LogP contribution in [0.5, 0.6) is 0 Å². The van der Waals surface area contributed by atoms with E-state index in [0.717, 1.165) is 12.0 Å². The molecular formula is C18H28F2O. The fourth-order valence-electron chi connectivity index (χ4n) is 2.53. The number of halogens is 2. The highest BCUT2D eigenvalue weighted by atomic mass is 19.2. The van der Waals surface area contributed by atoms with Crippen molar-refractivity contribution in [2.75, 3.05) is 0 Å². The molecule has 0 fully saturated rings. The van der Waals surface area contributed by atoms with Gasteiger partial charge in [-0.2, -0.15) is 0 Å². The van der Waals surface area contributed by atoms with Crippen LogP contribution in [0.3, 0.4) is 0 Å². The van der Waals surface area contributed by atoms with Crippen molar-refractivity contribution in [3.8, 4) is 0 Å². The summed E-state index contributed by atoms with van der Waals surface area (Å²) in [6.07, 6.45) is 2.80. The van der Waals surface area contributed by atoms with Crippen LogP contribution in [-0.2, 0) is 0 Å². The molecule has 0 aromatic carbocycles. The molecule has 0 aliphatic heterocycles. The molecule has 120 valence electrons. The number of allylic oxidation sites excluding steroid dienone is 5. The summed E-state index contributed by atoms with van der Waals surface area (Å²) in [7, 11) is 0. The number of rotatable bonds is 9. The maximum Gasteiger partial charge on any atom is 0.249 e. The second-order valence-electron chi connectivity index (χ2n) is 5.84. The SMILES string of the molecule is C=CCC(CC(C)C)=C(C)C(=C(F)C(O)F)C(C)CC=C. The third-order valence-electron chi connectivity index (χ3n) is 3.46. The molecule has 0 saturated heterocycles. The zero-order valence-corrected chi connectivity index (χ0v) is 13.6. The van der Waals surface area contributed by atoms with Gasteiger partial charge in [-0.1, -0.05) is 38.5 Å². The topological polar surface area (TPSA) is 20.2 Å². The Morgan fingerprint density at radius 2 is 1.76 bits per heavy atom. The fraction of sp³-hybridized carbons (Fsp3) is 0.556. The van der Waals surface area contributed by atoms with Gasteiger partial charge in [0.25, 0.3) is 0 Å². The summed E-state index contributed by atoms with van der Waals surface area (Å²) in [6, 6.07) is 0. The van der Waals surface area contributed by atoms with Gasteiger partial charge in [-0.15, -0.1) is 13.2 Å². The maximum absolute atomic E-state index is 14.1. The van der Waals surface area contributed by atoms with Crippen molar-refractivity contribution >= 4 is 0 Å². The average Bonchev–Trinajstić information content (AvgIpc) is 2.37. The number of hydrogen-bond donors (Lipinski definition) is 1. The van der Waals surface area contributed by atoms with Crippen molar-refractivity contribution < 1.29 is 13.9 Å². The number of hydrogen-bond acceptors (Lipinski definition) is 1. The second-order valence-corrected chi connectivity index (χ2v) is 5.84. The molecular weight excluding hydrogens is 270 g/mol. The summed E-state index contributed by atoms with van der Waals surface area (Å²) < 4.78 is 27.2. The number of aliphatic hydroxyl groups is 1. The van der Waals surface area contributed by atoms with Gasteiger partial charge in [-0.3, -0.25) is 0 Å². The van der Waals surface area contributed by atoms with Gasteiger partial charge in [0.15, 0.2) is 5.83 Å². The van der Waals surface area contributed by atoms with Gasteiger partial charge in [0.05, 0.1) is 0 Å². The van der Waals surface area contributed by atoms with Gasteiger partial charge in [-0.05, 0) is 49.2 Å². The Morgan fingerprint density at radius 3 is 2.14 bits per heavy atom. The van der Waals surface area contributed by atoms with E-state index in [4.69, 9.17) is 5.11 Å². The Hall–Kier alpha value is -1.22. The van der Waals surface area contributed by atoms with Crippen molar-refractivity contribution in [1.29, 1.82) is 0 Å². The predicted octanol–water partition coefficient (Wildman–Crippen LogP) is 5.65. The summed E-state index contributed by atoms with van der Waals surface area (Å²) in [5.41, 5.74) is 2.00. The van der Waals surface area contributed by atoms with Crippen molar-refractivity contribution in [3.63, 3.8) is 0 Å². The molecule has 0 amide bonds. The van der Waals surface area contributed by atoms with Crippen LogP contribution in [0.25, 0.3) is 0 Å². The van der Waals surface area contributed by atoms with Gasteiger partial charge in [0.2, 0.25) is 6.36 Å². The molecule has 0 rings (SSSR count). The minimum absolute atomic E-state index is 0.236. The Bertz CT molecular complexity index is 417. The molecule has 0 bridgehead atoms. The molecule has 1 N–H and O–H groups in total. The quantitative estimate of drug-likeness (QED) is 0.431. The van der Waals surface area contributed by atoms with E-state index in [1.165, 1.54) is 0 Å². The normalized spacial score (nSPS) is 17.0. The van der Waals surface area contributed by atoms with Gasteiger partial charge < -0.3 is 5.11 Å². The summed E-state index contributed by atoms with van der Waals surface area (Å²) in [5.74, 6) is -0.920. The van der Waals surface area contributed by atoms with E-state index >= 15 is 0 Å². The Kier molecular flexibility index (Phi) is 9.11. The molecule has 0 saturated carbocycles. The predicted molar refractivity (Wildman–Crippen MR) is 86.2 cm³/mol. The Morgan fingerprint density at radius 1 is 1.19 bits per heavy atom. The van der Waals surface area contributed by atoms with Gasteiger partial charge in [0, 0.05) is 0 Å². The van der Waals surface area contributed by atoms with E-state index in [0.29, 0.717) is 24.3 Å². The summed E-state index contributed by atoms with van der Waals surface area (Å²) in [5, 5.41) is 8.98. The zero-order chi connectivity index (χ0) is 16.6. The monoisotopic (exact) mass is 298 g/mol. The summed E-state index contributed by atoms with van der Waals surface area (Å²) in [6.45, 7) is 15.1. The molecule has 2 unspecified atom stereocenters. The third-order valence-corrected chi connectivity index (χ3v) is 3.46. The van der Waals surface area contributed by atoms with E-state index in [1.807, 2.05) is 6.92 Å². The van der Waals surface area contributed by atoms with E-state index in [2.05, 4.69) is 27.0 Å². The van der Waals surface area contributed by atoms with Crippen LogP contribution in [0.15, 0.2) is 47.9 Å². The standard InChI is InChI=1S/C18H28F2O/c1-7-9-13(5)16(17(19)18(20)21)14(6)15(10-8-2)11-12(3)4/h7-8,12-13,18,21H,1-2,9-11H2,3-6H3. The van der Waals surface area contributed by atoms with E-state index < -0.39 is 12.2 Å². The van der Waals surface area contributed by atoms with Crippen LogP contribution < -0.4 is 0 Å². The van der Waals surface area contributed by atoms with E-state index in [9.17, 15) is 8.78 Å². The van der Waals surface area contributed by atoms with Crippen LogP contribution in [0, 0.1) is 11.8 Å². The highest BCUT2D eigenvalue weighted by molar-refractivity contribution is 5.39. The summed E-state index contributed by atoms with van der Waals surface area (Å²) >= 11 is 0. The third kappa shape index (κ3) is 6.38. The van der Waals surface area contributed by atoms with Gasteiger partial charge >= 0.3 is 0 Å². The van der Waals surface area contributed by atoms with Gasteiger partial charge in [0.1, 0.15) is 0 Å². The first-order valence-electron chi connectivity index (χ1n) is 7.38. The van der Waals surface area contributed by atoms with Crippen LogP contribution in [0.4, 0.5) is 8.78 Å². The van der Waals surface area contributed by atoms with Crippen molar-refractivity contribution in [1.82, 2.24) is 0 Å². The number of aliphatic hydroxyl groups excluding tert-OH is 1. The fourth-order valence-corrected chi connectivity index (χ4v) is 2.53. The lowest BCUT2D eigenvalue weighted by atomic mass is 9.85. The smallest absolute Gasteiger partial charge is 0.249 e. The molecule has 2 atom stereocenters. The van der Waals surface area contributed by atoms with E-state index in [-0.39, 0.29) is 11.5 Å². The lowest BCUT2D eigenvalue weighted by Crippen LogP contribution is -2.11. The van der Waals surface area contributed by atoms with Crippen LogP contribution in [-0.4, -0.2) is 11.5 Å². The molecule has 0 radical (unpaired) electrons. The van der Waals surface area contributed by atoms with Crippen LogP contribution in [0.1, 0.15) is 47.0 Å². The van der Waals surface area contributed by atoms with Crippen molar-refractivity contribution in [3.05, 3.63) is 47.9 Å². The molecule has 1 nitrogen and oxygen atoms in total. The Labute approximate surface area is 127 Å². The maximum atomic E-state index is 14.1. The van der Waals surface area contributed by atoms with Crippen LogP contribution in [0.2, 0.25) is 0 Å². The molecule has 0 aromatic rings. The second kappa shape index (κ2) is 9.67. The highest BCUT2D eigenvalue weighted by Crippen LogP contribution is 2.33. The Balaban J connectivity index is 5.92. The average molecular weight is 298 g/mol. The van der Waals surface area contributed by atoms with Crippen molar-refractivity contribution in [2.24, 2.45) is 11.8 Å². The van der Waals surface area contributed by atoms with Crippen LogP contribution >= 0.6 is 0 Å². The lowest BCUT2D eigenvalue weighted by Gasteiger charge is -2.21. The largest absolute Gasteiger partial charge is 0.359 e. The molecule has 21 heavy (non-hydrogen) atoms. The molecule has 0 aliphatic rings. The lowest BCUT2D eigenvalue weighted by molar-refractivity contribution is 0.0537. The van der Waals surface area contributed by atoms with Gasteiger partial charge in [-0.25, -0.2) is 8.78 Å². The zero-order valence-electron chi connectivity index (χ0n) is 13.6. The molecule has 0 spiro atoms. The van der Waals surface area contributed by atoms with E-state index in [1.54, 1.807) is 19.1 Å². The molecule has 3 heteroatoms. The molecule has 0 aromatic heterocycles. The summed E-state index contributed by atoms with van der Waals surface area (Å²) in [4.78, 5) is 0.